The third-order valence-electron chi connectivity index (χ3n) is 1.35. The molecule has 0 saturated heterocycles. The number of hydrogen-bond donors (Lipinski definition) is 1. The topological polar surface area (TPSA) is 63.6 Å². The highest BCUT2D eigenvalue weighted by Crippen LogP contribution is 2.09. The van der Waals surface area contributed by atoms with E-state index < -0.39 is 11.4 Å². The Morgan fingerprint density at radius 3 is 2.12 bits per heavy atom. The Hall–Kier alpha value is -1.07. The Morgan fingerprint density at radius 1 is 1.38 bits per heavy atom. The van der Waals surface area contributed by atoms with Crippen LogP contribution in [0.1, 0.15) is 17.3 Å². The van der Waals surface area contributed by atoms with E-state index in [0.717, 1.165) is 4.47 Å². The van der Waals surface area contributed by atoms with Gasteiger partial charge in [-0.15, -0.1) is 0 Å². The normalized spacial score (nSPS) is 8.69. The summed E-state index contributed by atoms with van der Waals surface area (Å²) in [5, 5.41) is 8.46. The minimum atomic E-state index is -0.896. The predicted molar refractivity (Wildman–Crippen MR) is 64.0 cm³/mol. The van der Waals surface area contributed by atoms with Gasteiger partial charge in [0.2, 0.25) is 0 Å². The van der Waals surface area contributed by atoms with Crippen LogP contribution in [0.3, 0.4) is 0 Å². The molecule has 88 valence electrons. The highest BCUT2D eigenvalue weighted by molar-refractivity contribution is 9.10. The number of halogens is 2. The van der Waals surface area contributed by atoms with Gasteiger partial charge in [-0.1, -0.05) is 15.9 Å². The smallest absolute Gasteiger partial charge is 0.403 e. The molecule has 1 N–H and O–H groups in total. The van der Waals surface area contributed by atoms with Gasteiger partial charge in [0.1, 0.15) is 0 Å². The second-order valence-electron chi connectivity index (χ2n) is 2.48. The average Bonchev–Trinajstić information content (AvgIpc) is 2.19. The van der Waals surface area contributed by atoms with Crippen LogP contribution in [0.5, 0.6) is 0 Å². The fourth-order valence-corrected chi connectivity index (χ4v) is 1.08. The quantitative estimate of drug-likeness (QED) is 0.849. The van der Waals surface area contributed by atoms with Gasteiger partial charge in [0, 0.05) is 16.1 Å². The van der Waals surface area contributed by atoms with Crippen LogP contribution in [0.25, 0.3) is 0 Å². The zero-order valence-corrected chi connectivity index (χ0v) is 10.8. The minimum Gasteiger partial charge on any atom is -0.478 e. The molecule has 0 fully saturated rings. The maximum atomic E-state index is 10.3. The van der Waals surface area contributed by atoms with Gasteiger partial charge < -0.3 is 9.84 Å². The maximum Gasteiger partial charge on any atom is 0.403 e. The molecule has 0 aliphatic rings. The van der Waals surface area contributed by atoms with Gasteiger partial charge in [0.15, 0.2) is 0 Å². The van der Waals surface area contributed by atoms with E-state index in [2.05, 4.69) is 20.7 Å². The first-order valence-corrected chi connectivity index (χ1v) is 5.45. The van der Waals surface area contributed by atoms with Crippen LogP contribution in [0.15, 0.2) is 28.7 Å². The number of carboxylic acid groups (broad SMARTS) is 1. The van der Waals surface area contributed by atoms with Crippen LogP contribution in [-0.2, 0) is 4.74 Å². The standard InChI is InChI=1S/C7H5BrO2.C3H5ClO2/c8-6-3-1-5(2-4-6)7(9)10;1-2-6-3(4)5/h1-4H,(H,9,10);2H2,1H3. The fraction of sp³-hybridized carbons (Fsp3) is 0.200. The molecule has 0 radical (unpaired) electrons. The van der Waals surface area contributed by atoms with Gasteiger partial charge >= 0.3 is 11.4 Å². The molecule has 0 amide bonds. The van der Waals surface area contributed by atoms with Crippen LogP contribution in [-0.4, -0.2) is 23.1 Å². The number of carboxylic acids is 1. The van der Waals surface area contributed by atoms with Crippen LogP contribution in [0.4, 0.5) is 4.79 Å². The predicted octanol–water partition coefficient (Wildman–Crippen LogP) is 3.53. The molecule has 1 aromatic rings. The van der Waals surface area contributed by atoms with Crippen LogP contribution >= 0.6 is 27.5 Å². The summed E-state index contributed by atoms with van der Waals surface area (Å²) in [6.45, 7) is 2.04. The summed E-state index contributed by atoms with van der Waals surface area (Å²) in [7, 11) is 0. The van der Waals surface area contributed by atoms with E-state index in [0.29, 0.717) is 12.2 Å². The Labute approximate surface area is 106 Å². The largest absolute Gasteiger partial charge is 0.478 e. The number of benzene rings is 1. The van der Waals surface area contributed by atoms with Gasteiger partial charge in [-0.05, 0) is 31.2 Å². The van der Waals surface area contributed by atoms with E-state index in [4.69, 9.17) is 16.7 Å². The lowest BCUT2D eigenvalue weighted by Gasteiger charge is -1.91. The maximum absolute atomic E-state index is 10.3. The van der Waals surface area contributed by atoms with Crippen molar-refractivity contribution in [2.45, 2.75) is 6.92 Å². The molecule has 16 heavy (non-hydrogen) atoms. The minimum absolute atomic E-state index is 0.309. The summed E-state index contributed by atoms with van der Waals surface area (Å²) in [6.07, 6.45) is 0. The Morgan fingerprint density at radius 2 is 1.88 bits per heavy atom. The van der Waals surface area contributed by atoms with Crippen LogP contribution in [0.2, 0.25) is 0 Å². The first-order valence-electron chi connectivity index (χ1n) is 4.28. The Kier molecular flexibility index (Phi) is 7.58. The number of ether oxygens (including phenoxy) is 1. The van der Waals surface area contributed by atoms with Gasteiger partial charge in [0.05, 0.1) is 12.2 Å². The molecule has 4 nitrogen and oxygen atoms in total. The highest BCUT2D eigenvalue weighted by atomic mass is 79.9. The lowest BCUT2D eigenvalue weighted by atomic mass is 10.2. The van der Waals surface area contributed by atoms with Crippen molar-refractivity contribution in [3.63, 3.8) is 0 Å². The summed E-state index contributed by atoms with van der Waals surface area (Å²) in [5.41, 5.74) is -0.430. The van der Waals surface area contributed by atoms with E-state index in [1.54, 1.807) is 31.2 Å². The summed E-state index contributed by atoms with van der Waals surface area (Å²) >= 11 is 7.92. The molecular weight excluding hydrogens is 299 g/mol. The monoisotopic (exact) mass is 308 g/mol. The molecule has 0 aliphatic carbocycles. The van der Waals surface area contributed by atoms with E-state index in [-0.39, 0.29) is 0 Å². The molecule has 1 rings (SSSR count). The van der Waals surface area contributed by atoms with Gasteiger partial charge in [-0.25, -0.2) is 9.59 Å². The lowest BCUT2D eigenvalue weighted by Crippen LogP contribution is -1.94. The summed E-state index contributed by atoms with van der Waals surface area (Å²) in [4.78, 5) is 19.9. The van der Waals surface area contributed by atoms with E-state index >= 15 is 0 Å². The SMILES string of the molecule is CCOC(=O)Cl.O=C(O)c1ccc(Br)cc1. The molecule has 0 heterocycles. The van der Waals surface area contributed by atoms with Crippen LogP contribution in [0, 0.1) is 0 Å². The molecule has 0 unspecified atom stereocenters. The van der Waals surface area contributed by atoms with E-state index in [1.165, 1.54) is 0 Å². The van der Waals surface area contributed by atoms with Crippen molar-refractivity contribution in [1.82, 2.24) is 0 Å². The van der Waals surface area contributed by atoms with Crippen molar-refractivity contribution in [3.8, 4) is 0 Å². The molecule has 0 aromatic heterocycles. The Bertz CT molecular complexity index is 350. The molecular formula is C10H10BrClO4. The second-order valence-corrected chi connectivity index (χ2v) is 3.71. The number of hydrogen-bond acceptors (Lipinski definition) is 3. The third-order valence-corrected chi connectivity index (χ3v) is 1.99. The first kappa shape index (κ1) is 14.9. The summed E-state index contributed by atoms with van der Waals surface area (Å²) in [5.74, 6) is -0.896. The molecule has 0 spiro atoms. The molecule has 1 aromatic carbocycles. The zero-order valence-electron chi connectivity index (χ0n) is 8.44. The molecule has 0 saturated carbocycles. The van der Waals surface area contributed by atoms with Gasteiger partial charge in [0.25, 0.3) is 0 Å². The molecule has 6 heteroatoms. The summed E-state index contributed by atoms with van der Waals surface area (Å²) < 4.78 is 5.05. The van der Waals surface area contributed by atoms with Crippen molar-refractivity contribution in [2.24, 2.45) is 0 Å². The summed E-state index contributed by atoms with van der Waals surface area (Å²) in [6, 6.07) is 6.49. The molecule has 0 bridgehead atoms. The second kappa shape index (κ2) is 8.13. The highest BCUT2D eigenvalue weighted by Gasteiger charge is 1.98. The number of carbonyl (C=O) groups excluding carboxylic acids is 1. The molecule has 0 aliphatic heterocycles. The zero-order chi connectivity index (χ0) is 12.6. The van der Waals surface area contributed by atoms with Gasteiger partial charge in [-0.2, -0.15) is 0 Å². The number of rotatable bonds is 2. The van der Waals surface area contributed by atoms with E-state index in [1.807, 2.05) is 0 Å². The Balaban J connectivity index is 0.000000325. The number of aromatic carboxylic acids is 1. The fourth-order valence-electron chi connectivity index (χ4n) is 0.706. The van der Waals surface area contributed by atoms with E-state index in [9.17, 15) is 9.59 Å². The average molecular weight is 310 g/mol. The van der Waals surface area contributed by atoms with Crippen molar-refractivity contribution >= 4 is 38.9 Å². The lowest BCUT2D eigenvalue weighted by molar-refractivity contribution is 0.0697. The van der Waals surface area contributed by atoms with Crippen molar-refractivity contribution in [1.29, 1.82) is 0 Å². The van der Waals surface area contributed by atoms with Crippen molar-refractivity contribution < 1.29 is 19.4 Å². The van der Waals surface area contributed by atoms with Crippen molar-refractivity contribution in [2.75, 3.05) is 6.61 Å². The van der Waals surface area contributed by atoms with Crippen molar-refractivity contribution in [3.05, 3.63) is 34.3 Å². The molecule has 0 atom stereocenters. The van der Waals surface area contributed by atoms with Crippen LogP contribution < -0.4 is 0 Å². The third kappa shape index (κ3) is 7.25. The van der Waals surface area contributed by atoms with Gasteiger partial charge in [-0.3, -0.25) is 0 Å². The first-order chi connectivity index (χ1) is 7.47. The number of carbonyl (C=O) groups is 2.